The largest absolute Gasteiger partial charge is 0.322 e. The number of hydrogen-bond donors (Lipinski definition) is 1. The summed E-state index contributed by atoms with van der Waals surface area (Å²) in [6, 6.07) is 0.289. The number of carbonyl (C=O) groups excluding carboxylic acids is 1. The van der Waals surface area contributed by atoms with Crippen molar-refractivity contribution in [1.82, 2.24) is 9.78 Å². The molecule has 0 radical (unpaired) electrons. The monoisotopic (exact) mass is 215 g/mol. The summed E-state index contributed by atoms with van der Waals surface area (Å²) in [6.07, 6.45) is 1.64. The Kier molecular flexibility index (Phi) is 3.52. The highest BCUT2D eigenvalue weighted by atomic mass is 35.5. The molecule has 0 bridgehead atoms. The Labute approximate surface area is 88.2 Å². The highest BCUT2D eigenvalue weighted by molar-refractivity contribution is 6.29. The van der Waals surface area contributed by atoms with E-state index in [1.807, 2.05) is 25.5 Å². The molecule has 1 aromatic rings. The molecule has 0 spiro atoms. The molecule has 1 aromatic heterocycles. The van der Waals surface area contributed by atoms with Gasteiger partial charge >= 0.3 is 0 Å². The Hall–Kier alpha value is -1.03. The molecule has 0 aliphatic rings. The van der Waals surface area contributed by atoms with Gasteiger partial charge in [0.2, 0.25) is 5.91 Å². The first-order valence-electron chi connectivity index (χ1n) is 4.46. The van der Waals surface area contributed by atoms with E-state index < -0.39 is 0 Å². The second kappa shape index (κ2) is 4.46. The number of alkyl halides is 1. The van der Waals surface area contributed by atoms with Gasteiger partial charge in [0.1, 0.15) is 5.88 Å². The van der Waals surface area contributed by atoms with Gasteiger partial charge in [0, 0.05) is 6.04 Å². The van der Waals surface area contributed by atoms with E-state index in [-0.39, 0.29) is 17.8 Å². The van der Waals surface area contributed by atoms with Crippen molar-refractivity contribution in [2.75, 3.05) is 11.2 Å². The molecule has 1 rings (SSSR count). The van der Waals surface area contributed by atoms with Crippen molar-refractivity contribution < 1.29 is 4.79 Å². The third kappa shape index (κ3) is 2.26. The highest BCUT2D eigenvalue weighted by Gasteiger charge is 2.10. The maximum absolute atomic E-state index is 11.0. The molecule has 1 heterocycles. The van der Waals surface area contributed by atoms with E-state index in [1.165, 1.54) is 0 Å². The molecule has 0 fully saturated rings. The molecule has 0 aliphatic heterocycles. The summed E-state index contributed by atoms with van der Waals surface area (Å²) >= 11 is 5.38. The van der Waals surface area contributed by atoms with Crippen LogP contribution in [-0.2, 0) is 4.79 Å². The van der Waals surface area contributed by atoms with Crippen molar-refractivity contribution in [3.05, 3.63) is 11.9 Å². The van der Waals surface area contributed by atoms with Crippen molar-refractivity contribution in [1.29, 1.82) is 0 Å². The Morgan fingerprint density at radius 1 is 1.71 bits per heavy atom. The van der Waals surface area contributed by atoms with E-state index in [0.29, 0.717) is 0 Å². The normalized spacial score (nSPS) is 10.6. The number of anilines is 1. The fourth-order valence-corrected chi connectivity index (χ4v) is 1.32. The summed E-state index contributed by atoms with van der Waals surface area (Å²) in [5, 5.41) is 6.84. The lowest BCUT2D eigenvalue weighted by molar-refractivity contribution is -0.113. The van der Waals surface area contributed by atoms with Gasteiger partial charge in [0.25, 0.3) is 0 Å². The van der Waals surface area contributed by atoms with E-state index in [9.17, 15) is 4.79 Å². The van der Waals surface area contributed by atoms with Gasteiger partial charge in [0.05, 0.1) is 17.6 Å². The van der Waals surface area contributed by atoms with Crippen LogP contribution in [0.4, 0.5) is 5.69 Å². The van der Waals surface area contributed by atoms with E-state index in [4.69, 9.17) is 11.6 Å². The smallest absolute Gasteiger partial charge is 0.239 e. The summed E-state index contributed by atoms with van der Waals surface area (Å²) in [4.78, 5) is 11.0. The quantitative estimate of drug-likeness (QED) is 0.784. The van der Waals surface area contributed by atoms with Gasteiger partial charge in [-0.05, 0) is 20.8 Å². The third-order valence-corrected chi connectivity index (χ3v) is 2.17. The number of carbonyl (C=O) groups is 1. The Bertz CT molecular complexity index is 333. The first-order valence-corrected chi connectivity index (χ1v) is 4.99. The minimum absolute atomic E-state index is 0.0354. The Morgan fingerprint density at radius 3 is 2.79 bits per heavy atom. The molecule has 0 aromatic carbocycles. The van der Waals surface area contributed by atoms with Crippen molar-refractivity contribution in [3.63, 3.8) is 0 Å². The second-order valence-electron chi connectivity index (χ2n) is 3.36. The van der Waals surface area contributed by atoms with Crippen molar-refractivity contribution in [3.8, 4) is 0 Å². The van der Waals surface area contributed by atoms with E-state index >= 15 is 0 Å². The number of nitrogens with one attached hydrogen (secondary N) is 1. The second-order valence-corrected chi connectivity index (χ2v) is 3.63. The van der Waals surface area contributed by atoms with Crippen molar-refractivity contribution in [2.24, 2.45) is 0 Å². The molecule has 0 atom stereocenters. The number of amides is 1. The highest BCUT2D eigenvalue weighted by Crippen LogP contribution is 2.17. The Balaban J connectivity index is 2.84. The fourth-order valence-electron chi connectivity index (χ4n) is 1.25. The zero-order chi connectivity index (χ0) is 10.7. The van der Waals surface area contributed by atoms with Gasteiger partial charge in [-0.3, -0.25) is 9.48 Å². The molecule has 14 heavy (non-hydrogen) atoms. The maximum Gasteiger partial charge on any atom is 0.239 e. The van der Waals surface area contributed by atoms with Gasteiger partial charge in [-0.15, -0.1) is 11.6 Å². The number of nitrogens with zero attached hydrogens (tertiary/aromatic N) is 2. The summed E-state index contributed by atoms with van der Waals surface area (Å²) in [5.41, 5.74) is 1.67. The predicted molar refractivity (Wildman–Crippen MR) is 56.7 cm³/mol. The van der Waals surface area contributed by atoms with Crippen LogP contribution < -0.4 is 5.32 Å². The fraction of sp³-hybridized carbons (Fsp3) is 0.556. The Morgan fingerprint density at radius 2 is 2.36 bits per heavy atom. The lowest BCUT2D eigenvalue weighted by atomic mass is 10.3. The summed E-state index contributed by atoms with van der Waals surface area (Å²) < 4.78 is 1.85. The number of rotatable bonds is 3. The third-order valence-electron chi connectivity index (χ3n) is 1.93. The topological polar surface area (TPSA) is 46.9 Å². The van der Waals surface area contributed by atoms with E-state index in [0.717, 1.165) is 11.4 Å². The molecule has 5 heteroatoms. The standard InChI is InChI=1S/C9H14ClN3O/c1-6(2)13-7(3)8(5-11-13)12-9(14)4-10/h5-6H,4H2,1-3H3,(H,12,14). The van der Waals surface area contributed by atoms with Crippen LogP contribution in [0.5, 0.6) is 0 Å². The summed E-state index contributed by atoms with van der Waals surface area (Å²) in [7, 11) is 0. The molecule has 78 valence electrons. The SMILES string of the molecule is Cc1c(NC(=O)CCl)cnn1C(C)C. The van der Waals surface area contributed by atoms with Gasteiger partial charge in [-0.2, -0.15) is 5.10 Å². The molecule has 4 nitrogen and oxygen atoms in total. The number of halogens is 1. The number of hydrogen-bond acceptors (Lipinski definition) is 2. The van der Waals surface area contributed by atoms with Gasteiger partial charge in [-0.25, -0.2) is 0 Å². The molecule has 0 unspecified atom stereocenters. The van der Waals surface area contributed by atoms with E-state index in [1.54, 1.807) is 6.20 Å². The molecular formula is C9H14ClN3O. The number of aromatic nitrogens is 2. The minimum Gasteiger partial charge on any atom is -0.322 e. The molecule has 1 amide bonds. The lowest BCUT2D eigenvalue weighted by Crippen LogP contribution is -2.13. The molecular weight excluding hydrogens is 202 g/mol. The van der Waals surface area contributed by atoms with Crippen LogP contribution in [0.3, 0.4) is 0 Å². The van der Waals surface area contributed by atoms with Crippen molar-refractivity contribution in [2.45, 2.75) is 26.8 Å². The average molecular weight is 216 g/mol. The zero-order valence-corrected chi connectivity index (χ0v) is 9.30. The van der Waals surface area contributed by atoms with Gasteiger partial charge < -0.3 is 5.32 Å². The van der Waals surface area contributed by atoms with Gasteiger partial charge in [0.15, 0.2) is 0 Å². The van der Waals surface area contributed by atoms with Crippen LogP contribution in [0.25, 0.3) is 0 Å². The average Bonchev–Trinajstić information content (AvgIpc) is 2.48. The maximum atomic E-state index is 11.0. The van der Waals surface area contributed by atoms with Crippen LogP contribution in [0.15, 0.2) is 6.20 Å². The first-order chi connectivity index (χ1) is 6.56. The predicted octanol–water partition coefficient (Wildman–Crippen LogP) is 1.95. The minimum atomic E-state index is -0.210. The van der Waals surface area contributed by atoms with E-state index in [2.05, 4.69) is 10.4 Å². The summed E-state index contributed by atoms with van der Waals surface area (Å²) in [5.74, 6) is -0.246. The van der Waals surface area contributed by atoms with Crippen LogP contribution >= 0.6 is 11.6 Å². The molecule has 0 aliphatic carbocycles. The van der Waals surface area contributed by atoms with Gasteiger partial charge in [-0.1, -0.05) is 0 Å². The molecule has 0 saturated heterocycles. The zero-order valence-electron chi connectivity index (χ0n) is 8.54. The van der Waals surface area contributed by atoms with Crippen LogP contribution in [0, 0.1) is 6.92 Å². The summed E-state index contributed by atoms with van der Waals surface area (Å²) in [6.45, 7) is 5.98. The van der Waals surface area contributed by atoms with Crippen LogP contribution in [0.2, 0.25) is 0 Å². The first kappa shape index (κ1) is 11.0. The van der Waals surface area contributed by atoms with Crippen molar-refractivity contribution >= 4 is 23.2 Å². The van der Waals surface area contributed by atoms with Crippen LogP contribution in [0.1, 0.15) is 25.6 Å². The molecule has 1 N–H and O–H groups in total. The lowest BCUT2D eigenvalue weighted by Gasteiger charge is -2.08. The molecule has 0 saturated carbocycles. The van der Waals surface area contributed by atoms with Crippen LogP contribution in [-0.4, -0.2) is 21.6 Å².